The summed E-state index contributed by atoms with van der Waals surface area (Å²) in [5, 5.41) is 10.7. The first-order chi connectivity index (χ1) is 23.7. The topological polar surface area (TPSA) is 38.7 Å². The van der Waals surface area contributed by atoms with Crippen LogP contribution in [0.2, 0.25) is 19.6 Å². The van der Waals surface area contributed by atoms with E-state index in [2.05, 4.69) is 117 Å². The van der Waals surface area contributed by atoms with Crippen molar-refractivity contribution in [1.82, 2.24) is 0 Å². The molecular weight excluding hydrogens is 617 g/mol. The number of methoxy groups -OCH3 is 1. The molecule has 0 spiro atoms. The van der Waals surface area contributed by atoms with Gasteiger partial charge in [0.05, 0.1) is 20.3 Å². The van der Waals surface area contributed by atoms with Crippen LogP contribution in [0.5, 0.6) is 5.75 Å². The molecule has 0 aliphatic carbocycles. The zero-order valence-electron chi connectivity index (χ0n) is 29.4. The Labute approximate surface area is 294 Å². The number of hydrogen-bond donors (Lipinski definition) is 1. The Kier molecular flexibility index (Phi) is 13.7. The molecular formula is C45H44O3Si. The first-order valence-electron chi connectivity index (χ1n) is 16.7. The highest BCUT2D eigenvalue weighted by Crippen LogP contribution is 2.32. The quantitative estimate of drug-likeness (QED) is 0.105. The van der Waals surface area contributed by atoms with E-state index in [0.29, 0.717) is 24.3 Å². The molecule has 4 heteroatoms. The summed E-state index contributed by atoms with van der Waals surface area (Å²) in [5.74, 6) is 21.6. The van der Waals surface area contributed by atoms with Crippen molar-refractivity contribution in [2.75, 3.05) is 7.11 Å². The first kappa shape index (κ1) is 36.6. The molecule has 0 aliphatic rings. The van der Waals surface area contributed by atoms with Gasteiger partial charge in [0, 0.05) is 16.7 Å². The Hall–Kier alpha value is -5.20. The summed E-state index contributed by atoms with van der Waals surface area (Å²) in [4.78, 5) is 0. The summed E-state index contributed by atoms with van der Waals surface area (Å²) >= 11 is 0. The lowest BCUT2D eigenvalue weighted by atomic mass is 9.91. The lowest BCUT2D eigenvalue weighted by Gasteiger charge is -2.15. The van der Waals surface area contributed by atoms with Crippen molar-refractivity contribution in [1.29, 1.82) is 0 Å². The molecule has 3 nitrogen and oxygen atoms in total. The van der Waals surface area contributed by atoms with E-state index in [0.717, 1.165) is 35.3 Å². The molecule has 4 aromatic rings. The summed E-state index contributed by atoms with van der Waals surface area (Å²) in [6.07, 6.45) is 0.932. The fraction of sp³-hybridized carbons (Fsp3) is 0.244. The minimum Gasteiger partial charge on any atom is -0.497 e. The van der Waals surface area contributed by atoms with Gasteiger partial charge in [0.25, 0.3) is 0 Å². The van der Waals surface area contributed by atoms with Crippen LogP contribution in [-0.2, 0) is 18.0 Å². The van der Waals surface area contributed by atoms with E-state index in [1.807, 2.05) is 60.7 Å². The van der Waals surface area contributed by atoms with Crippen LogP contribution in [0.3, 0.4) is 0 Å². The normalized spacial score (nSPS) is 11.6. The number of hydrogen-bond acceptors (Lipinski definition) is 3. The Morgan fingerprint density at radius 2 is 1.24 bits per heavy atom. The molecule has 0 aliphatic heterocycles. The average Bonchev–Trinajstić information content (AvgIpc) is 3.11. The Morgan fingerprint density at radius 1 is 0.673 bits per heavy atom. The lowest BCUT2D eigenvalue weighted by molar-refractivity contribution is 0.107. The Morgan fingerprint density at radius 3 is 1.86 bits per heavy atom. The molecule has 4 aromatic carbocycles. The van der Waals surface area contributed by atoms with Crippen LogP contribution in [0.4, 0.5) is 0 Å². The van der Waals surface area contributed by atoms with Crippen molar-refractivity contribution in [2.24, 2.45) is 0 Å². The van der Waals surface area contributed by atoms with E-state index in [4.69, 9.17) is 9.47 Å². The minimum atomic E-state index is -1.51. The van der Waals surface area contributed by atoms with Crippen LogP contribution in [0, 0.1) is 47.0 Å². The molecule has 0 radical (unpaired) electrons. The van der Waals surface area contributed by atoms with E-state index in [-0.39, 0.29) is 0 Å². The fourth-order valence-corrected chi connectivity index (χ4v) is 5.71. The van der Waals surface area contributed by atoms with Gasteiger partial charge in [-0.15, -0.1) is 5.54 Å². The molecule has 1 N–H and O–H groups in total. The molecule has 0 aromatic heterocycles. The predicted molar refractivity (Wildman–Crippen MR) is 206 cm³/mol. The molecule has 1 unspecified atom stereocenters. The van der Waals surface area contributed by atoms with Gasteiger partial charge >= 0.3 is 0 Å². The fourth-order valence-electron chi connectivity index (χ4n) is 5.27. The standard InChI is InChI=1S/C45H44O3Si/c1-7-42(43(8-2)39-28-30-41(47-3)31-29-39)38-26-24-35(25-27-38)33-48-34-40-21-12-10-18-36(40)17-9-11-19-37-20-13-14-22-44(37)45(46)23-15-16-32-49(4,5)6/h10,12-14,18,20-22,24-31,45-46H,7-8,33-34H2,1-6H3/b43-42+. The minimum absolute atomic E-state index is 0.436. The monoisotopic (exact) mass is 660 g/mol. The summed E-state index contributed by atoms with van der Waals surface area (Å²) < 4.78 is 11.5. The molecule has 4 rings (SSSR count). The summed E-state index contributed by atoms with van der Waals surface area (Å²) in [6, 6.07) is 32.4. The van der Waals surface area contributed by atoms with Crippen molar-refractivity contribution >= 4 is 19.2 Å². The summed E-state index contributed by atoms with van der Waals surface area (Å²) in [5.41, 5.74) is 12.7. The zero-order chi connectivity index (χ0) is 35.1. The largest absolute Gasteiger partial charge is 0.497 e. The van der Waals surface area contributed by atoms with Crippen LogP contribution in [0.15, 0.2) is 97.1 Å². The number of allylic oxidation sites excluding steroid dienone is 2. The Bertz CT molecular complexity index is 2000. The molecule has 49 heavy (non-hydrogen) atoms. The van der Waals surface area contributed by atoms with Crippen molar-refractivity contribution in [3.63, 3.8) is 0 Å². The van der Waals surface area contributed by atoms with Crippen LogP contribution in [0.1, 0.15) is 71.7 Å². The van der Waals surface area contributed by atoms with Crippen molar-refractivity contribution in [3.8, 4) is 52.7 Å². The summed E-state index contributed by atoms with van der Waals surface area (Å²) in [6.45, 7) is 11.8. The van der Waals surface area contributed by atoms with Crippen LogP contribution in [0.25, 0.3) is 11.1 Å². The maximum Gasteiger partial charge on any atom is 0.142 e. The van der Waals surface area contributed by atoms with Gasteiger partial charge in [-0.3, -0.25) is 0 Å². The smallest absolute Gasteiger partial charge is 0.142 e. The number of benzene rings is 4. The van der Waals surface area contributed by atoms with E-state index >= 15 is 0 Å². The highest BCUT2D eigenvalue weighted by Gasteiger charge is 2.11. The van der Waals surface area contributed by atoms with E-state index in [9.17, 15) is 5.11 Å². The number of rotatable bonds is 10. The van der Waals surface area contributed by atoms with Crippen molar-refractivity contribution in [3.05, 3.63) is 136 Å². The van der Waals surface area contributed by atoms with Gasteiger partial charge in [-0.05, 0) is 94.2 Å². The number of aliphatic hydroxyl groups is 1. The van der Waals surface area contributed by atoms with E-state index in [1.165, 1.54) is 22.3 Å². The molecule has 0 heterocycles. The molecule has 0 saturated heterocycles. The van der Waals surface area contributed by atoms with Gasteiger partial charge in [-0.2, -0.15) is 0 Å². The number of ether oxygens (including phenoxy) is 2. The highest BCUT2D eigenvalue weighted by molar-refractivity contribution is 6.83. The SMILES string of the molecule is CC/C(=C(/CC)c1ccc(OC)cc1)c1ccc(COCc2ccccc2C#CC#Cc2ccccc2C(O)C#CC#C[Si](C)(C)C)cc1. The van der Waals surface area contributed by atoms with E-state index in [1.54, 1.807) is 7.11 Å². The Balaban J connectivity index is 1.41. The van der Waals surface area contributed by atoms with Crippen molar-refractivity contribution in [2.45, 2.75) is 65.6 Å². The second-order valence-electron chi connectivity index (χ2n) is 12.5. The third-order valence-electron chi connectivity index (χ3n) is 7.78. The molecule has 1 atom stereocenters. The van der Waals surface area contributed by atoms with Gasteiger partial charge in [0.2, 0.25) is 0 Å². The molecule has 0 amide bonds. The third-order valence-corrected chi connectivity index (χ3v) is 8.65. The number of aliphatic hydroxyl groups excluding tert-OH is 1. The van der Waals surface area contributed by atoms with Gasteiger partial charge in [0.1, 0.15) is 19.9 Å². The van der Waals surface area contributed by atoms with Gasteiger partial charge in [0.15, 0.2) is 0 Å². The predicted octanol–water partition coefficient (Wildman–Crippen LogP) is 9.46. The van der Waals surface area contributed by atoms with Gasteiger partial charge in [-0.1, -0.05) is 124 Å². The molecule has 0 fully saturated rings. The highest BCUT2D eigenvalue weighted by atomic mass is 28.3. The van der Waals surface area contributed by atoms with Crippen LogP contribution >= 0.6 is 0 Å². The summed E-state index contributed by atoms with van der Waals surface area (Å²) in [7, 11) is 0.179. The van der Waals surface area contributed by atoms with E-state index < -0.39 is 14.2 Å². The second kappa shape index (κ2) is 18.4. The van der Waals surface area contributed by atoms with Crippen molar-refractivity contribution < 1.29 is 14.6 Å². The average molecular weight is 661 g/mol. The molecule has 0 bridgehead atoms. The van der Waals surface area contributed by atoms with Crippen LogP contribution in [-0.4, -0.2) is 20.3 Å². The lowest BCUT2D eigenvalue weighted by Crippen LogP contribution is -2.16. The third kappa shape index (κ3) is 11.2. The maximum atomic E-state index is 10.7. The zero-order valence-corrected chi connectivity index (χ0v) is 30.4. The maximum absolute atomic E-state index is 10.7. The molecule has 0 saturated carbocycles. The van der Waals surface area contributed by atoms with Gasteiger partial charge in [-0.25, -0.2) is 0 Å². The van der Waals surface area contributed by atoms with Crippen LogP contribution < -0.4 is 4.74 Å². The second-order valence-corrected chi connectivity index (χ2v) is 17.2. The molecule has 246 valence electrons. The first-order valence-corrected chi connectivity index (χ1v) is 20.2. The van der Waals surface area contributed by atoms with Gasteiger partial charge < -0.3 is 14.6 Å².